The summed E-state index contributed by atoms with van der Waals surface area (Å²) < 4.78 is 38.2. The highest BCUT2D eigenvalue weighted by Crippen LogP contribution is 2.30. The Morgan fingerprint density at radius 1 is 1.07 bits per heavy atom. The zero-order valence-corrected chi connectivity index (χ0v) is 15.1. The van der Waals surface area contributed by atoms with Crippen molar-refractivity contribution in [2.45, 2.75) is 33.0 Å². The first-order valence-corrected chi connectivity index (χ1v) is 8.43. The van der Waals surface area contributed by atoms with Gasteiger partial charge in [0.1, 0.15) is 0 Å². The minimum Gasteiger partial charge on any atom is -0.338 e. The van der Waals surface area contributed by atoms with Gasteiger partial charge in [-0.05, 0) is 30.7 Å². The third kappa shape index (κ3) is 6.44. The molecule has 2 aromatic carbocycles. The molecule has 0 aliphatic heterocycles. The first kappa shape index (κ1) is 20.5. The topological polar surface area (TPSA) is 49.4 Å². The Morgan fingerprint density at radius 3 is 2.41 bits per heavy atom. The van der Waals surface area contributed by atoms with Gasteiger partial charge in [-0.25, -0.2) is 0 Å². The fourth-order valence-corrected chi connectivity index (χ4v) is 2.61. The normalized spacial score (nSPS) is 11.1. The maximum Gasteiger partial charge on any atom is 0.416 e. The Labute approximate surface area is 156 Å². The number of rotatable bonds is 6. The highest BCUT2D eigenvalue weighted by Gasteiger charge is 2.30. The number of carbonyl (C=O) groups is 2. The number of halogens is 3. The summed E-state index contributed by atoms with van der Waals surface area (Å²) in [6, 6.07) is 12.1. The van der Waals surface area contributed by atoms with Crippen molar-refractivity contribution in [1.29, 1.82) is 0 Å². The van der Waals surface area contributed by atoms with Gasteiger partial charge in [0, 0.05) is 32.1 Å². The van der Waals surface area contributed by atoms with Gasteiger partial charge >= 0.3 is 6.18 Å². The largest absolute Gasteiger partial charge is 0.416 e. The maximum atomic E-state index is 12.7. The van der Waals surface area contributed by atoms with E-state index in [2.05, 4.69) is 5.32 Å². The third-order valence-corrected chi connectivity index (χ3v) is 3.98. The van der Waals surface area contributed by atoms with E-state index in [1.807, 2.05) is 31.2 Å². The van der Waals surface area contributed by atoms with Crippen LogP contribution in [-0.4, -0.2) is 23.3 Å². The molecule has 7 heteroatoms. The Kier molecular flexibility index (Phi) is 6.60. The molecular weight excluding hydrogens is 357 g/mol. The Balaban J connectivity index is 1.95. The highest BCUT2D eigenvalue weighted by molar-refractivity contribution is 5.91. The Morgan fingerprint density at radius 2 is 1.78 bits per heavy atom. The van der Waals surface area contributed by atoms with Crippen LogP contribution in [0.5, 0.6) is 0 Å². The lowest BCUT2D eigenvalue weighted by Gasteiger charge is -2.21. The van der Waals surface area contributed by atoms with Crippen molar-refractivity contribution in [3.63, 3.8) is 0 Å². The number of benzene rings is 2. The smallest absolute Gasteiger partial charge is 0.338 e. The summed E-state index contributed by atoms with van der Waals surface area (Å²) in [7, 11) is 0. The van der Waals surface area contributed by atoms with Gasteiger partial charge in [0.15, 0.2) is 0 Å². The van der Waals surface area contributed by atoms with E-state index in [4.69, 9.17) is 0 Å². The van der Waals surface area contributed by atoms with Crippen molar-refractivity contribution in [2.75, 3.05) is 11.9 Å². The first-order chi connectivity index (χ1) is 12.6. The monoisotopic (exact) mass is 378 g/mol. The summed E-state index contributed by atoms with van der Waals surface area (Å²) in [6.07, 6.45) is -4.48. The second-order valence-corrected chi connectivity index (χ2v) is 6.31. The van der Waals surface area contributed by atoms with Crippen molar-refractivity contribution in [2.24, 2.45) is 0 Å². The molecule has 2 amide bonds. The van der Waals surface area contributed by atoms with E-state index in [1.165, 1.54) is 24.0 Å². The molecule has 0 aliphatic carbocycles. The molecule has 0 saturated carbocycles. The number of aryl methyl sites for hydroxylation is 1. The molecule has 0 atom stereocenters. The maximum absolute atomic E-state index is 12.7. The lowest BCUT2D eigenvalue weighted by atomic mass is 10.1. The van der Waals surface area contributed by atoms with Crippen LogP contribution in [-0.2, 0) is 22.3 Å². The average molecular weight is 378 g/mol. The molecule has 0 bridgehead atoms. The van der Waals surface area contributed by atoms with Gasteiger partial charge in [0.25, 0.3) is 0 Å². The van der Waals surface area contributed by atoms with E-state index in [1.54, 1.807) is 0 Å². The van der Waals surface area contributed by atoms with Crippen LogP contribution in [0.1, 0.15) is 30.0 Å². The molecule has 144 valence electrons. The molecule has 0 spiro atoms. The molecule has 0 saturated heterocycles. The fraction of sp³-hybridized carbons (Fsp3) is 0.300. The van der Waals surface area contributed by atoms with Crippen molar-refractivity contribution < 1.29 is 22.8 Å². The third-order valence-electron chi connectivity index (χ3n) is 3.98. The predicted molar refractivity (Wildman–Crippen MR) is 97.0 cm³/mol. The molecule has 0 unspecified atom stereocenters. The molecule has 0 radical (unpaired) electrons. The quantitative estimate of drug-likeness (QED) is 0.810. The second kappa shape index (κ2) is 8.70. The SMILES string of the molecule is CC(=O)N(CCC(=O)Nc1cccc(C(F)(F)F)c1)Cc1cccc(C)c1. The molecule has 0 aromatic heterocycles. The van der Waals surface area contributed by atoms with Gasteiger partial charge in [-0.3, -0.25) is 9.59 Å². The first-order valence-electron chi connectivity index (χ1n) is 8.43. The predicted octanol–water partition coefficient (Wildman–Crippen LogP) is 4.39. The molecule has 4 nitrogen and oxygen atoms in total. The number of alkyl halides is 3. The van der Waals surface area contributed by atoms with E-state index < -0.39 is 17.6 Å². The number of hydrogen-bond donors (Lipinski definition) is 1. The van der Waals surface area contributed by atoms with Crippen LogP contribution in [0.25, 0.3) is 0 Å². The van der Waals surface area contributed by atoms with E-state index in [0.717, 1.165) is 23.3 Å². The van der Waals surface area contributed by atoms with Gasteiger partial charge in [0.2, 0.25) is 11.8 Å². The molecule has 0 aliphatic rings. The molecule has 0 fully saturated rings. The minimum absolute atomic E-state index is 0.0123. The number of carbonyl (C=O) groups excluding carboxylic acids is 2. The minimum atomic E-state index is -4.47. The van der Waals surface area contributed by atoms with Crippen molar-refractivity contribution in [1.82, 2.24) is 4.90 Å². The van der Waals surface area contributed by atoms with Gasteiger partial charge in [-0.2, -0.15) is 13.2 Å². The van der Waals surface area contributed by atoms with E-state index in [9.17, 15) is 22.8 Å². The Bertz CT molecular complexity index is 819. The van der Waals surface area contributed by atoms with E-state index in [0.29, 0.717) is 6.54 Å². The molecule has 0 heterocycles. The number of amides is 2. The summed E-state index contributed by atoms with van der Waals surface area (Å²) in [6.45, 7) is 3.91. The molecule has 2 aromatic rings. The lowest BCUT2D eigenvalue weighted by Crippen LogP contribution is -2.31. The van der Waals surface area contributed by atoms with Gasteiger partial charge < -0.3 is 10.2 Å². The lowest BCUT2D eigenvalue weighted by molar-refractivity contribution is -0.137. The van der Waals surface area contributed by atoms with Crippen LogP contribution < -0.4 is 5.32 Å². The zero-order valence-electron chi connectivity index (χ0n) is 15.1. The number of anilines is 1. The van der Waals surface area contributed by atoms with Crippen LogP contribution in [0.15, 0.2) is 48.5 Å². The second-order valence-electron chi connectivity index (χ2n) is 6.31. The van der Waals surface area contributed by atoms with E-state index in [-0.39, 0.29) is 24.6 Å². The van der Waals surface area contributed by atoms with Crippen molar-refractivity contribution in [3.8, 4) is 0 Å². The standard InChI is InChI=1S/C20H21F3N2O2/c1-14-5-3-6-16(11-14)13-25(15(2)26)10-9-19(27)24-18-8-4-7-17(12-18)20(21,22)23/h3-8,11-12H,9-10,13H2,1-2H3,(H,24,27). The van der Waals surface area contributed by atoms with Crippen molar-refractivity contribution >= 4 is 17.5 Å². The zero-order chi connectivity index (χ0) is 20.0. The Hall–Kier alpha value is -2.83. The summed E-state index contributed by atoms with van der Waals surface area (Å²) in [5.41, 5.74) is 1.26. The molecule has 2 rings (SSSR count). The average Bonchev–Trinajstić information content (AvgIpc) is 2.58. The van der Waals surface area contributed by atoms with Gasteiger partial charge in [0.05, 0.1) is 5.56 Å². The van der Waals surface area contributed by atoms with Crippen LogP contribution >= 0.6 is 0 Å². The van der Waals surface area contributed by atoms with Crippen LogP contribution in [0.2, 0.25) is 0 Å². The summed E-state index contributed by atoms with van der Waals surface area (Å²) in [5, 5.41) is 2.44. The number of hydrogen-bond acceptors (Lipinski definition) is 2. The molecule has 1 N–H and O–H groups in total. The van der Waals surface area contributed by atoms with Crippen LogP contribution in [0.3, 0.4) is 0 Å². The van der Waals surface area contributed by atoms with Crippen LogP contribution in [0, 0.1) is 6.92 Å². The van der Waals surface area contributed by atoms with Gasteiger partial charge in [-0.15, -0.1) is 0 Å². The molecular formula is C20H21F3N2O2. The summed E-state index contributed by atoms with van der Waals surface area (Å²) in [5.74, 6) is -0.631. The summed E-state index contributed by atoms with van der Waals surface area (Å²) >= 11 is 0. The van der Waals surface area contributed by atoms with Crippen molar-refractivity contribution in [3.05, 3.63) is 65.2 Å². The number of nitrogens with zero attached hydrogens (tertiary/aromatic N) is 1. The molecule has 27 heavy (non-hydrogen) atoms. The van der Waals surface area contributed by atoms with Gasteiger partial charge in [-0.1, -0.05) is 35.9 Å². The highest BCUT2D eigenvalue weighted by atomic mass is 19.4. The van der Waals surface area contributed by atoms with Crippen LogP contribution in [0.4, 0.5) is 18.9 Å². The fourth-order valence-electron chi connectivity index (χ4n) is 2.61. The number of nitrogens with one attached hydrogen (secondary N) is 1. The summed E-state index contributed by atoms with van der Waals surface area (Å²) in [4.78, 5) is 25.4. The van der Waals surface area contributed by atoms with E-state index >= 15 is 0 Å².